The van der Waals surface area contributed by atoms with Crippen molar-refractivity contribution in [1.82, 2.24) is 9.88 Å². The molecule has 0 unspecified atom stereocenters. The van der Waals surface area contributed by atoms with E-state index in [1.807, 2.05) is 31.3 Å². The lowest BCUT2D eigenvalue weighted by Gasteiger charge is -2.26. The summed E-state index contributed by atoms with van der Waals surface area (Å²) in [5, 5.41) is 0.630. The van der Waals surface area contributed by atoms with E-state index >= 15 is 0 Å². The maximum absolute atomic E-state index is 12.5. The van der Waals surface area contributed by atoms with Crippen LogP contribution in [0.25, 0.3) is 11.1 Å². The van der Waals surface area contributed by atoms with Gasteiger partial charge in [0, 0.05) is 35.4 Å². The number of hydrogen-bond donors (Lipinski definition) is 1. The normalized spacial score (nSPS) is 14.8. The van der Waals surface area contributed by atoms with Gasteiger partial charge in [0.1, 0.15) is 11.4 Å². The molecule has 5 nitrogen and oxygen atoms in total. The molecule has 1 aliphatic rings. The fourth-order valence-electron chi connectivity index (χ4n) is 2.62. The van der Waals surface area contributed by atoms with Gasteiger partial charge in [0.2, 0.25) is 0 Å². The number of carbonyl (C=O) groups excluding carboxylic acids is 1. The summed E-state index contributed by atoms with van der Waals surface area (Å²) in [4.78, 5) is 17.4. The second-order valence-corrected chi connectivity index (χ2v) is 5.72. The van der Waals surface area contributed by atoms with Gasteiger partial charge in [0.05, 0.1) is 19.8 Å². The number of aromatic nitrogens is 1. The minimum absolute atomic E-state index is 0.0143. The van der Waals surface area contributed by atoms with Crippen LogP contribution in [0.3, 0.4) is 0 Å². The van der Waals surface area contributed by atoms with Crippen LogP contribution in [0.1, 0.15) is 17.4 Å². The predicted octanol–water partition coefficient (Wildman–Crippen LogP) is 3.21. The first-order valence-electron chi connectivity index (χ1n) is 7.67. The highest BCUT2D eigenvalue weighted by Crippen LogP contribution is 2.33. The Morgan fingerprint density at radius 3 is 2.87 bits per heavy atom. The van der Waals surface area contributed by atoms with Crippen molar-refractivity contribution >= 4 is 17.5 Å². The lowest BCUT2D eigenvalue weighted by molar-refractivity contribution is 0.0299. The molecule has 2 aromatic rings. The third kappa shape index (κ3) is 3.51. The van der Waals surface area contributed by atoms with Crippen molar-refractivity contribution in [2.45, 2.75) is 6.92 Å². The maximum Gasteiger partial charge on any atom is 0.270 e. The maximum atomic E-state index is 12.5. The molecule has 0 bridgehead atoms. The largest absolute Gasteiger partial charge is 0.493 e. The van der Waals surface area contributed by atoms with Gasteiger partial charge in [-0.3, -0.25) is 4.79 Å². The molecule has 0 atom stereocenters. The van der Waals surface area contributed by atoms with E-state index in [4.69, 9.17) is 21.1 Å². The van der Waals surface area contributed by atoms with E-state index in [1.165, 1.54) is 0 Å². The Labute approximate surface area is 140 Å². The predicted molar refractivity (Wildman–Crippen MR) is 89.1 cm³/mol. The highest BCUT2D eigenvalue weighted by atomic mass is 35.5. The van der Waals surface area contributed by atoms with Gasteiger partial charge in [0.25, 0.3) is 5.91 Å². The number of nitrogens with zero attached hydrogens (tertiary/aromatic N) is 1. The first-order valence-corrected chi connectivity index (χ1v) is 8.05. The summed E-state index contributed by atoms with van der Waals surface area (Å²) in [5.41, 5.74) is 2.31. The molecule has 0 radical (unpaired) electrons. The summed E-state index contributed by atoms with van der Waals surface area (Å²) in [6.07, 6.45) is 1.81. The molecule has 122 valence electrons. The number of morpholine rings is 1. The van der Waals surface area contributed by atoms with Crippen LogP contribution in [0.4, 0.5) is 0 Å². The summed E-state index contributed by atoms with van der Waals surface area (Å²) in [6.45, 7) is 4.91. The average molecular weight is 335 g/mol. The molecule has 0 aliphatic carbocycles. The fraction of sp³-hybridized carbons (Fsp3) is 0.353. The van der Waals surface area contributed by atoms with E-state index in [9.17, 15) is 4.79 Å². The SMILES string of the molecule is CCOc1ccc(Cl)cc1-c1c[nH]c(C(=O)N2CCOCC2)c1. The zero-order valence-corrected chi connectivity index (χ0v) is 13.7. The molecule has 1 aromatic carbocycles. The van der Waals surface area contributed by atoms with Gasteiger partial charge in [-0.25, -0.2) is 0 Å². The van der Waals surface area contributed by atoms with Gasteiger partial charge in [0.15, 0.2) is 0 Å². The summed E-state index contributed by atoms with van der Waals surface area (Å²) < 4.78 is 10.9. The van der Waals surface area contributed by atoms with Crippen LogP contribution in [0.15, 0.2) is 30.5 Å². The lowest BCUT2D eigenvalue weighted by atomic mass is 10.1. The monoisotopic (exact) mass is 334 g/mol. The standard InChI is InChI=1S/C17H19ClN2O3/c1-2-23-16-4-3-13(18)10-14(16)12-9-15(19-11-12)17(21)20-5-7-22-8-6-20/h3-4,9-11,19H,2,5-8H2,1H3. The molecular formula is C17H19ClN2O3. The molecule has 2 heterocycles. The quantitative estimate of drug-likeness (QED) is 0.934. The van der Waals surface area contributed by atoms with Crippen LogP contribution < -0.4 is 4.74 Å². The Balaban J connectivity index is 1.87. The zero-order chi connectivity index (χ0) is 16.2. The van der Waals surface area contributed by atoms with Gasteiger partial charge < -0.3 is 19.4 Å². The molecule has 23 heavy (non-hydrogen) atoms. The summed E-state index contributed by atoms with van der Waals surface area (Å²) >= 11 is 6.10. The number of rotatable bonds is 4. The molecule has 1 saturated heterocycles. The van der Waals surface area contributed by atoms with Gasteiger partial charge in [-0.1, -0.05) is 11.6 Å². The van der Waals surface area contributed by atoms with Gasteiger partial charge in [-0.05, 0) is 31.2 Å². The number of amides is 1. The van der Waals surface area contributed by atoms with E-state index in [1.54, 1.807) is 11.0 Å². The topological polar surface area (TPSA) is 54.6 Å². The van der Waals surface area contributed by atoms with Crippen LogP contribution in [-0.2, 0) is 4.74 Å². The molecule has 1 aliphatic heterocycles. The van der Waals surface area contributed by atoms with Crippen LogP contribution in [-0.4, -0.2) is 48.7 Å². The van der Waals surface area contributed by atoms with E-state index < -0.39 is 0 Å². The molecule has 1 N–H and O–H groups in total. The Morgan fingerprint density at radius 2 is 2.13 bits per heavy atom. The average Bonchev–Trinajstić information content (AvgIpc) is 3.06. The van der Waals surface area contributed by atoms with E-state index in [-0.39, 0.29) is 5.91 Å². The number of nitrogens with one attached hydrogen (secondary N) is 1. The van der Waals surface area contributed by atoms with Crippen molar-refractivity contribution in [2.75, 3.05) is 32.9 Å². The molecule has 1 aromatic heterocycles. The minimum atomic E-state index is -0.0143. The van der Waals surface area contributed by atoms with Crippen molar-refractivity contribution in [3.8, 4) is 16.9 Å². The van der Waals surface area contributed by atoms with Crippen molar-refractivity contribution < 1.29 is 14.3 Å². The summed E-state index contributed by atoms with van der Waals surface area (Å²) in [5.74, 6) is 0.737. The van der Waals surface area contributed by atoms with Gasteiger partial charge in [-0.2, -0.15) is 0 Å². The molecule has 6 heteroatoms. The Bertz CT molecular complexity index is 693. The highest BCUT2D eigenvalue weighted by molar-refractivity contribution is 6.31. The van der Waals surface area contributed by atoms with E-state index in [2.05, 4.69) is 4.98 Å². The summed E-state index contributed by atoms with van der Waals surface area (Å²) in [7, 11) is 0. The Morgan fingerprint density at radius 1 is 1.35 bits per heavy atom. The zero-order valence-electron chi connectivity index (χ0n) is 13.0. The minimum Gasteiger partial charge on any atom is -0.493 e. The highest BCUT2D eigenvalue weighted by Gasteiger charge is 2.20. The number of benzene rings is 1. The molecule has 1 fully saturated rings. The van der Waals surface area contributed by atoms with Gasteiger partial charge >= 0.3 is 0 Å². The number of halogens is 1. The fourth-order valence-corrected chi connectivity index (χ4v) is 2.79. The Kier molecular flexibility index (Phi) is 4.88. The molecule has 1 amide bonds. The number of hydrogen-bond acceptors (Lipinski definition) is 3. The molecule has 3 rings (SSSR count). The van der Waals surface area contributed by atoms with Crippen LogP contribution in [0.2, 0.25) is 5.02 Å². The number of aromatic amines is 1. The number of ether oxygens (including phenoxy) is 2. The van der Waals surface area contributed by atoms with Crippen LogP contribution >= 0.6 is 11.6 Å². The molecule has 0 saturated carbocycles. The van der Waals surface area contributed by atoms with Gasteiger partial charge in [-0.15, -0.1) is 0 Å². The number of carbonyl (C=O) groups is 1. The van der Waals surface area contributed by atoms with Crippen molar-refractivity contribution in [2.24, 2.45) is 0 Å². The van der Waals surface area contributed by atoms with E-state index in [0.717, 1.165) is 16.9 Å². The third-order valence-corrected chi connectivity index (χ3v) is 4.00. The summed E-state index contributed by atoms with van der Waals surface area (Å²) in [6, 6.07) is 7.32. The lowest BCUT2D eigenvalue weighted by Crippen LogP contribution is -2.40. The first kappa shape index (κ1) is 15.9. The van der Waals surface area contributed by atoms with Crippen molar-refractivity contribution in [3.63, 3.8) is 0 Å². The Hall–Kier alpha value is -1.98. The second-order valence-electron chi connectivity index (χ2n) is 5.28. The van der Waals surface area contributed by atoms with Crippen LogP contribution in [0.5, 0.6) is 5.75 Å². The molecular weight excluding hydrogens is 316 g/mol. The van der Waals surface area contributed by atoms with E-state index in [0.29, 0.717) is 43.6 Å². The van der Waals surface area contributed by atoms with Crippen LogP contribution in [0, 0.1) is 0 Å². The van der Waals surface area contributed by atoms with Crippen molar-refractivity contribution in [1.29, 1.82) is 0 Å². The second kappa shape index (κ2) is 7.06. The third-order valence-electron chi connectivity index (χ3n) is 3.76. The van der Waals surface area contributed by atoms with Crippen molar-refractivity contribution in [3.05, 3.63) is 41.2 Å². The first-order chi connectivity index (χ1) is 11.2. The molecule has 0 spiro atoms. The number of H-pyrrole nitrogens is 1. The smallest absolute Gasteiger partial charge is 0.270 e.